The van der Waals surface area contributed by atoms with E-state index in [2.05, 4.69) is 32.0 Å². The average Bonchev–Trinajstić information content (AvgIpc) is 3.10. The van der Waals surface area contributed by atoms with Crippen molar-refractivity contribution in [3.8, 4) is 0 Å². The summed E-state index contributed by atoms with van der Waals surface area (Å²) in [4.78, 5) is 20.2. The Hall–Kier alpha value is -2.67. The summed E-state index contributed by atoms with van der Waals surface area (Å²) in [5.41, 5.74) is 1.67. The van der Waals surface area contributed by atoms with Crippen LogP contribution in [-0.4, -0.2) is 49.7 Å². The molecule has 1 atom stereocenters. The van der Waals surface area contributed by atoms with Crippen molar-refractivity contribution in [3.05, 3.63) is 48.2 Å². The van der Waals surface area contributed by atoms with Gasteiger partial charge in [-0.1, -0.05) is 18.2 Å². The molecule has 2 fully saturated rings. The Bertz CT molecular complexity index is 999. The maximum absolute atomic E-state index is 13.6. The van der Waals surface area contributed by atoms with E-state index in [0.29, 0.717) is 12.2 Å². The Morgan fingerprint density at radius 1 is 1.32 bits per heavy atom. The third kappa shape index (κ3) is 2.81. The first kappa shape index (κ1) is 17.4. The second-order valence-electron chi connectivity index (χ2n) is 8.01. The van der Waals surface area contributed by atoms with E-state index in [4.69, 9.17) is 0 Å². The second-order valence-corrected chi connectivity index (χ2v) is 8.01. The second kappa shape index (κ2) is 6.74. The van der Waals surface area contributed by atoms with Crippen LogP contribution in [0, 0.1) is 5.41 Å². The van der Waals surface area contributed by atoms with E-state index in [-0.39, 0.29) is 17.4 Å². The summed E-state index contributed by atoms with van der Waals surface area (Å²) in [6, 6.07) is 8.09. The van der Waals surface area contributed by atoms with Gasteiger partial charge in [0.2, 0.25) is 0 Å². The molecule has 0 radical (unpaired) electrons. The predicted octanol–water partition coefficient (Wildman–Crippen LogP) is 2.56. The van der Waals surface area contributed by atoms with Crippen LogP contribution in [0.25, 0.3) is 10.9 Å². The number of rotatable bonds is 5. The lowest BCUT2D eigenvalue weighted by Crippen LogP contribution is -2.39. The van der Waals surface area contributed by atoms with Crippen molar-refractivity contribution in [1.82, 2.24) is 30.0 Å². The van der Waals surface area contributed by atoms with Crippen LogP contribution in [0.3, 0.4) is 0 Å². The fraction of sp³-hybridized carbons (Fsp3) is 0.476. The number of carbonyl (C=O) groups is 1. The Morgan fingerprint density at radius 2 is 2.14 bits per heavy atom. The van der Waals surface area contributed by atoms with Gasteiger partial charge in [-0.25, -0.2) is 4.98 Å². The van der Waals surface area contributed by atoms with E-state index in [0.717, 1.165) is 55.6 Å². The highest BCUT2D eigenvalue weighted by atomic mass is 16.2. The number of fused-ring (bicyclic) bond motifs is 1. The molecule has 2 aliphatic rings. The lowest BCUT2D eigenvalue weighted by molar-refractivity contribution is 0.0681. The van der Waals surface area contributed by atoms with E-state index < -0.39 is 0 Å². The van der Waals surface area contributed by atoms with Crippen molar-refractivity contribution in [2.24, 2.45) is 5.41 Å². The molecule has 1 saturated carbocycles. The molecule has 0 bridgehead atoms. The summed E-state index contributed by atoms with van der Waals surface area (Å²) in [5, 5.41) is 11.7. The van der Waals surface area contributed by atoms with Crippen LogP contribution in [0.15, 0.2) is 36.7 Å². The van der Waals surface area contributed by atoms with Gasteiger partial charge in [0.25, 0.3) is 5.91 Å². The van der Waals surface area contributed by atoms with Crippen LogP contribution in [-0.2, 0) is 13.1 Å². The Morgan fingerprint density at radius 3 is 2.96 bits per heavy atom. The molecule has 2 N–H and O–H groups in total. The maximum Gasteiger partial charge on any atom is 0.275 e. The van der Waals surface area contributed by atoms with Crippen molar-refractivity contribution in [2.75, 3.05) is 13.1 Å². The van der Waals surface area contributed by atoms with Crippen LogP contribution in [0.1, 0.15) is 42.5 Å². The van der Waals surface area contributed by atoms with Crippen molar-refractivity contribution in [3.63, 3.8) is 0 Å². The largest absolute Gasteiger partial charge is 0.334 e. The molecule has 7 heteroatoms. The summed E-state index contributed by atoms with van der Waals surface area (Å²) in [6.45, 7) is 5.55. The molecule has 1 unspecified atom stereocenters. The van der Waals surface area contributed by atoms with E-state index in [1.807, 2.05) is 41.6 Å². The summed E-state index contributed by atoms with van der Waals surface area (Å²) in [5.74, 6) is 0.940. The zero-order valence-electron chi connectivity index (χ0n) is 16.2. The SMILES string of the molecule is CCn1ccnc1CN(C(=O)c1n[nH]c2ccccc12)C1CC12CCNCC2. The molecule has 3 heterocycles. The number of nitrogens with one attached hydrogen (secondary N) is 2. The molecule has 3 aromatic rings. The van der Waals surface area contributed by atoms with Gasteiger partial charge in [-0.15, -0.1) is 0 Å². The van der Waals surface area contributed by atoms with Crippen LogP contribution in [0.4, 0.5) is 0 Å². The highest BCUT2D eigenvalue weighted by molar-refractivity contribution is 6.04. The summed E-state index contributed by atoms with van der Waals surface area (Å²) < 4.78 is 2.11. The zero-order valence-corrected chi connectivity index (χ0v) is 16.2. The van der Waals surface area contributed by atoms with E-state index in [9.17, 15) is 4.79 Å². The molecule has 7 nitrogen and oxygen atoms in total. The fourth-order valence-electron chi connectivity index (χ4n) is 4.75. The molecule has 1 aliphatic heterocycles. The zero-order chi connectivity index (χ0) is 19.1. The summed E-state index contributed by atoms with van der Waals surface area (Å²) >= 11 is 0. The fourth-order valence-corrected chi connectivity index (χ4v) is 4.75. The van der Waals surface area contributed by atoms with Gasteiger partial charge in [-0.05, 0) is 50.8 Å². The number of carbonyl (C=O) groups excluding carboxylic acids is 1. The number of benzene rings is 1. The first-order valence-electron chi connectivity index (χ1n) is 10.2. The van der Waals surface area contributed by atoms with E-state index >= 15 is 0 Å². The molecular formula is C21H26N6O. The van der Waals surface area contributed by atoms with Crippen molar-refractivity contribution < 1.29 is 4.79 Å². The molecule has 1 aromatic carbocycles. The van der Waals surface area contributed by atoms with Crippen LogP contribution in [0.2, 0.25) is 0 Å². The number of hydrogen-bond acceptors (Lipinski definition) is 4. The molecule has 1 amide bonds. The van der Waals surface area contributed by atoms with Gasteiger partial charge in [0.15, 0.2) is 5.69 Å². The van der Waals surface area contributed by atoms with Gasteiger partial charge in [0, 0.05) is 30.4 Å². The minimum Gasteiger partial charge on any atom is -0.334 e. The standard InChI is InChI=1S/C21H26N6O/c1-2-26-12-11-23-18(26)14-27(17-13-21(17)7-9-22-10-8-21)20(28)19-15-5-3-4-6-16(15)24-25-19/h3-6,11-12,17,22H,2,7-10,13-14H2,1H3,(H,24,25). The lowest BCUT2D eigenvalue weighted by Gasteiger charge is -2.29. The number of nitrogens with zero attached hydrogens (tertiary/aromatic N) is 4. The van der Waals surface area contributed by atoms with Gasteiger partial charge in [-0.3, -0.25) is 9.89 Å². The Balaban J connectivity index is 1.49. The summed E-state index contributed by atoms with van der Waals surface area (Å²) in [6.07, 6.45) is 7.14. The number of imidazole rings is 1. The van der Waals surface area contributed by atoms with Crippen LogP contribution >= 0.6 is 0 Å². The van der Waals surface area contributed by atoms with Crippen LogP contribution in [0.5, 0.6) is 0 Å². The molecule has 28 heavy (non-hydrogen) atoms. The first-order valence-corrected chi connectivity index (χ1v) is 10.2. The smallest absolute Gasteiger partial charge is 0.275 e. The minimum atomic E-state index is 0.00325. The monoisotopic (exact) mass is 378 g/mol. The van der Waals surface area contributed by atoms with Gasteiger partial charge in [-0.2, -0.15) is 5.10 Å². The predicted molar refractivity (Wildman–Crippen MR) is 107 cm³/mol. The van der Waals surface area contributed by atoms with Crippen molar-refractivity contribution in [2.45, 2.75) is 45.3 Å². The quantitative estimate of drug-likeness (QED) is 0.715. The van der Waals surface area contributed by atoms with E-state index in [1.165, 1.54) is 0 Å². The van der Waals surface area contributed by atoms with Crippen molar-refractivity contribution in [1.29, 1.82) is 0 Å². The molecule has 1 saturated heterocycles. The van der Waals surface area contributed by atoms with Gasteiger partial charge >= 0.3 is 0 Å². The Kier molecular flexibility index (Phi) is 4.19. The highest BCUT2D eigenvalue weighted by Gasteiger charge is 2.58. The molecular weight excluding hydrogens is 352 g/mol. The highest BCUT2D eigenvalue weighted by Crippen LogP contribution is 2.56. The molecule has 5 rings (SSSR count). The number of para-hydroxylation sites is 1. The van der Waals surface area contributed by atoms with Gasteiger partial charge in [0.05, 0.1) is 12.1 Å². The minimum absolute atomic E-state index is 0.00325. The number of aromatic nitrogens is 4. The van der Waals surface area contributed by atoms with Crippen LogP contribution < -0.4 is 5.32 Å². The average molecular weight is 378 g/mol. The third-order valence-electron chi connectivity index (χ3n) is 6.51. The Labute approximate surface area is 164 Å². The van der Waals surface area contributed by atoms with Crippen molar-refractivity contribution >= 4 is 16.8 Å². The number of piperidine rings is 1. The first-order chi connectivity index (χ1) is 13.7. The van der Waals surface area contributed by atoms with E-state index in [1.54, 1.807) is 0 Å². The molecule has 1 aliphatic carbocycles. The number of H-pyrrole nitrogens is 1. The lowest BCUT2D eigenvalue weighted by atomic mass is 9.93. The topological polar surface area (TPSA) is 78.8 Å². The van der Waals surface area contributed by atoms with Gasteiger partial charge < -0.3 is 14.8 Å². The van der Waals surface area contributed by atoms with Gasteiger partial charge in [0.1, 0.15) is 5.82 Å². The maximum atomic E-state index is 13.6. The summed E-state index contributed by atoms with van der Waals surface area (Å²) in [7, 11) is 0. The molecule has 1 spiro atoms. The number of hydrogen-bond donors (Lipinski definition) is 2. The molecule has 146 valence electrons. The number of aryl methyl sites for hydroxylation is 1. The number of amides is 1. The number of aromatic amines is 1. The normalized spacial score (nSPS) is 20.5. The molecule has 2 aromatic heterocycles. The third-order valence-corrected chi connectivity index (χ3v) is 6.51.